The molecule has 0 saturated carbocycles. The Morgan fingerprint density at radius 3 is 2.77 bits per heavy atom. The second kappa shape index (κ2) is 9.13. The van der Waals surface area contributed by atoms with Gasteiger partial charge in [-0.1, -0.05) is 24.1 Å². The van der Waals surface area contributed by atoms with E-state index in [2.05, 4.69) is 36.1 Å². The summed E-state index contributed by atoms with van der Waals surface area (Å²) in [7, 11) is 0. The zero-order valence-corrected chi connectivity index (χ0v) is 17.4. The van der Waals surface area contributed by atoms with Crippen molar-refractivity contribution in [2.75, 3.05) is 18.8 Å². The number of carbonyl (C=O) groups excluding carboxylic acids is 1. The van der Waals surface area contributed by atoms with Crippen LogP contribution in [0.5, 0.6) is 0 Å². The highest BCUT2D eigenvalue weighted by Gasteiger charge is 2.26. The Kier molecular flexibility index (Phi) is 6.14. The predicted octanol–water partition coefficient (Wildman–Crippen LogP) is 1.82. The fourth-order valence-corrected chi connectivity index (χ4v) is 4.04. The number of anilines is 1. The topological polar surface area (TPSA) is 140 Å². The molecule has 0 atom stereocenters. The molecule has 1 aliphatic rings. The van der Waals surface area contributed by atoms with Crippen LogP contribution >= 0.6 is 11.3 Å². The molecule has 1 amide bonds. The minimum absolute atomic E-state index is 0.0792. The van der Waals surface area contributed by atoms with Crippen molar-refractivity contribution in [2.45, 2.75) is 39.2 Å². The summed E-state index contributed by atoms with van der Waals surface area (Å²) in [6.45, 7) is 4.20. The van der Waals surface area contributed by atoms with Gasteiger partial charge in [0.15, 0.2) is 5.69 Å². The van der Waals surface area contributed by atoms with Gasteiger partial charge in [0.25, 0.3) is 5.91 Å². The molecule has 30 heavy (non-hydrogen) atoms. The van der Waals surface area contributed by atoms with E-state index < -0.39 is 5.91 Å². The summed E-state index contributed by atoms with van der Waals surface area (Å²) in [5.41, 5.74) is 9.88. The third kappa shape index (κ3) is 4.39. The molecule has 3 aromatic rings. The summed E-state index contributed by atoms with van der Waals surface area (Å²) in [5, 5.41) is 21.8. The van der Waals surface area contributed by atoms with E-state index in [-0.39, 0.29) is 17.3 Å². The quantitative estimate of drug-likeness (QED) is 0.447. The van der Waals surface area contributed by atoms with E-state index in [1.54, 1.807) is 11.3 Å². The van der Waals surface area contributed by atoms with E-state index in [0.29, 0.717) is 18.0 Å². The molecule has 1 aliphatic heterocycles. The first-order valence-electron chi connectivity index (χ1n) is 9.77. The van der Waals surface area contributed by atoms with Gasteiger partial charge in [-0.05, 0) is 54.6 Å². The second-order valence-corrected chi connectivity index (χ2v) is 8.02. The number of rotatable bonds is 6. The first-order valence-corrected chi connectivity index (χ1v) is 10.7. The standard InChI is InChI=1S/C18H23N9O2S/c1-12(14-7-6-10-30-14)20-22-18(28)15-13(11-26-8-4-2-3-5-9-26)27(25-21-15)17-16(19)23-29-24-17/h6-7,10H,2-5,8-9,11H2,1H3,(H2,19,23)(H,22,28). The number of hydrogen-bond donors (Lipinski definition) is 2. The molecule has 0 aliphatic carbocycles. The molecule has 3 aromatic heterocycles. The van der Waals surface area contributed by atoms with E-state index in [0.717, 1.165) is 30.8 Å². The Morgan fingerprint density at radius 2 is 2.10 bits per heavy atom. The van der Waals surface area contributed by atoms with Crippen LogP contribution in [0, 0.1) is 0 Å². The minimum atomic E-state index is -0.447. The SMILES string of the molecule is CC(=NNC(=O)c1nnn(-c2nonc2N)c1CN1CCCCCC1)c1cccs1. The second-order valence-electron chi connectivity index (χ2n) is 7.08. The van der Waals surface area contributed by atoms with E-state index >= 15 is 0 Å². The summed E-state index contributed by atoms with van der Waals surface area (Å²) in [6.07, 6.45) is 4.64. The molecule has 0 spiro atoms. The number of carbonyl (C=O) groups is 1. The number of nitrogen functional groups attached to an aromatic ring is 1. The highest BCUT2D eigenvalue weighted by molar-refractivity contribution is 7.12. The Bertz CT molecular complexity index is 1020. The van der Waals surface area contributed by atoms with Crippen LogP contribution in [0.3, 0.4) is 0 Å². The van der Waals surface area contributed by atoms with Crippen LogP contribution in [-0.4, -0.2) is 54.9 Å². The van der Waals surface area contributed by atoms with Crippen molar-refractivity contribution in [3.8, 4) is 5.82 Å². The number of nitrogens with one attached hydrogen (secondary N) is 1. The van der Waals surface area contributed by atoms with Crippen molar-refractivity contribution in [3.05, 3.63) is 33.8 Å². The number of likely N-dealkylation sites (tertiary alicyclic amines) is 1. The van der Waals surface area contributed by atoms with Gasteiger partial charge in [-0.25, -0.2) is 10.1 Å². The average molecular weight is 430 g/mol. The third-order valence-corrected chi connectivity index (χ3v) is 5.93. The van der Waals surface area contributed by atoms with Gasteiger partial charge in [-0.2, -0.15) is 9.78 Å². The zero-order chi connectivity index (χ0) is 20.9. The van der Waals surface area contributed by atoms with Gasteiger partial charge in [-0.3, -0.25) is 9.69 Å². The smallest absolute Gasteiger partial charge is 0.293 e. The van der Waals surface area contributed by atoms with Crippen molar-refractivity contribution in [3.63, 3.8) is 0 Å². The van der Waals surface area contributed by atoms with E-state index in [1.165, 1.54) is 17.5 Å². The van der Waals surface area contributed by atoms with Gasteiger partial charge in [0.1, 0.15) is 0 Å². The molecule has 0 radical (unpaired) electrons. The molecule has 0 aromatic carbocycles. The number of hydrazone groups is 1. The van der Waals surface area contributed by atoms with Gasteiger partial charge >= 0.3 is 0 Å². The fourth-order valence-electron chi connectivity index (χ4n) is 3.36. The first-order chi connectivity index (χ1) is 14.6. The largest absolute Gasteiger partial charge is 0.378 e. The fraction of sp³-hybridized carbons (Fsp3) is 0.444. The van der Waals surface area contributed by atoms with Crippen molar-refractivity contribution < 1.29 is 9.42 Å². The molecule has 1 saturated heterocycles. The molecule has 11 nitrogen and oxygen atoms in total. The van der Waals surface area contributed by atoms with Crippen molar-refractivity contribution in [1.29, 1.82) is 0 Å². The van der Waals surface area contributed by atoms with Gasteiger partial charge in [0.2, 0.25) is 11.6 Å². The predicted molar refractivity (Wildman–Crippen MR) is 111 cm³/mol. The number of hydrogen-bond acceptors (Lipinski definition) is 10. The maximum Gasteiger partial charge on any atom is 0.293 e. The molecule has 0 unspecified atom stereocenters. The van der Waals surface area contributed by atoms with Crippen molar-refractivity contribution in [2.24, 2.45) is 5.10 Å². The van der Waals surface area contributed by atoms with Crippen LogP contribution in [-0.2, 0) is 6.54 Å². The summed E-state index contributed by atoms with van der Waals surface area (Å²) >= 11 is 1.55. The summed E-state index contributed by atoms with van der Waals surface area (Å²) in [6, 6.07) is 3.87. The molecular weight excluding hydrogens is 406 g/mol. The lowest BCUT2D eigenvalue weighted by Crippen LogP contribution is -2.28. The van der Waals surface area contributed by atoms with E-state index in [9.17, 15) is 4.79 Å². The summed E-state index contributed by atoms with van der Waals surface area (Å²) in [4.78, 5) is 16.1. The lowest BCUT2D eigenvalue weighted by molar-refractivity contribution is 0.0947. The van der Waals surface area contributed by atoms with Crippen molar-refractivity contribution >= 4 is 28.8 Å². The molecule has 0 bridgehead atoms. The third-order valence-electron chi connectivity index (χ3n) is 4.95. The summed E-state index contributed by atoms with van der Waals surface area (Å²) < 4.78 is 6.12. The van der Waals surface area contributed by atoms with Crippen LogP contribution in [0.15, 0.2) is 27.2 Å². The van der Waals surface area contributed by atoms with Crippen LogP contribution in [0.25, 0.3) is 5.82 Å². The number of amides is 1. The zero-order valence-electron chi connectivity index (χ0n) is 16.6. The molecule has 4 heterocycles. The van der Waals surface area contributed by atoms with Crippen LogP contribution in [0.2, 0.25) is 0 Å². The molecule has 158 valence electrons. The van der Waals surface area contributed by atoms with Gasteiger partial charge in [0, 0.05) is 11.4 Å². The normalized spacial score (nSPS) is 15.8. The number of aromatic nitrogens is 5. The molecule has 4 rings (SSSR count). The summed E-state index contributed by atoms with van der Waals surface area (Å²) in [5.74, 6) is -0.155. The van der Waals surface area contributed by atoms with Crippen molar-refractivity contribution in [1.82, 2.24) is 35.6 Å². The molecule has 3 N–H and O–H groups in total. The molecular formula is C18H23N9O2S. The molecule has 12 heteroatoms. The lowest BCUT2D eigenvalue weighted by Gasteiger charge is -2.20. The van der Waals surface area contributed by atoms with E-state index in [4.69, 9.17) is 10.4 Å². The Labute approximate surface area is 176 Å². The maximum absolute atomic E-state index is 12.9. The van der Waals surface area contributed by atoms with Gasteiger partial charge in [-0.15, -0.1) is 16.4 Å². The Morgan fingerprint density at radius 1 is 1.30 bits per heavy atom. The van der Waals surface area contributed by atoms with Gasteiger partial charge in [0.05, 0.1) is 11.4 Å². The Hall–Kier alpha value is -3.12. The number of nitrogens with two attached hydrogens (primary N) is 1. The first kappa shape index (κ1) is 20.2. The van der Waals surface area contributed by atoms with Crippen LogP contribution in [0.1, 0.15) is 53.7 Å². The van der Waals surface area contributed by atoms with Gasteiger partial charge < -0.3 is 5.73 Å². The Balaban J connectivity index is 1.61. The number of nitrogens with zero attached hydrogens (tertiary/aromatic N) is 7. The maximum atomic E-state index is 12.9. The lowest BCUT2D eigenvalue weighted by atomic mass is 10.2. The van der Waals surface area contributed by atoms with E-state index in [1.807, 2.05) is 24.4 Å². The number of thiophene rings is 1. The highest BCUT2D eigenvalue weighted by Crippen LogP contribution is 2.19. The minimum Gasteiger partial charge on any atom is -0.378 e. The highest BCUT2D eigenvalue weighted by atomic mass is 32.1. The molecule has 1 fully saturated rings. The van der Waals surface area contributed by atoms with Crippen LogP contribution < -0.4 is 11.2 Å². The van der Waals surface area contributed by atoms with Crippen LogP contribution in [0.4, 0.5) is 5.82 Å². The average Bonchev–Trinajstić information content (AvgIpc) is 3.45. The monoisotopic (exact) mass is 429 g/mol.